The monoisotopic (exact) mass is 500 g/mol. The van der Waals surface area contributed by atoms with E-state index in [1.165, 1.54) is 46.3 Å². The molecule has 0 saturated heterocycles. The van der Waals surface area contributed by atoms with Crippen LogP contribution in [0.4, 0.5) is 0 Å². The van der Waals surface area contributed by atoms with Crippen LogP contribution < -0.4 is 24.8 Å². The van der Waals surface area contributed by atoms with Gasteiger partial charge in [0.05, 0.1) is 0 Å². The van der Waals surface area contributed by atoms with Gasteiger partial charge in [0.15, 0.2) is 0 Å². The number of halogens is 2. The molecule has 28 heavy (non-hydrogen) atoms. The van der Waals surface area contributed by atoms with Crippen molar-refractivity contribution >= 4 is 24.3 Å². The fraction of sp³-hybridized carbons (Fsp3) is 0.0870. The molecule has 5 rings (SSSR count). The molecule has 1 aliphatic heterocycles. The average Bonchev–Trinajstić information content (AvgIpc) is 3.29. The molecule has 2 aliphatic rings. The average molecular weight is 503 g/mol. The van der Waals surface area contributed by atoms with E-state index in [0.717, 1.165) is 5.69 Å². The van der Waals surface area contributed by atoms with Crippen molar-refractivity contribution in [1.29, 1.82) is 0 Å². The minimum absolute atomic E-state index is 0. The topological polar surface area (TPSA) is 12.9 Å². The van der Waals surface area contributed by atoms with E-state index in [1.807, 2.05) is 6.20 Å². The number of hydrogen-bond acceptors (Lipinski definition) is 1. The van der Waals surface area contributed by atoms with E-state index in [0.29, 0.717) is 0 Å². The minimum Gasteiger partial charge on any atom is -1.00 e. The molecule has 0 amide bonds. The maximum Gasteiger partial charge on any atom is 3.00 e. The molecular formula is C23H19Cl2NPZr. The van der Waals surface area contributed by atoms with Gasteiger partial charge in [0, 0.05) is 17.2 Å². The molecule has 139 valence electrons. The number of nitrogens with zero attached hydrogens (tertiary/aromatic N) is 1. The van der Waals surface area contributed by atoms with Crippen LogP contribution in [0.1, 0.15) is 12.5 Å². The summed E-state index contributed by atoms with van der Waals surface area (Å²) in [5.41, 5.74) is 4.84. The zero-order chi connectivity index (χ0) is 17.2. The standard InChI is InChI=1S/C15H12N.C8H7P.2ClH.Zr/c1-11-6-7-15(16-10-11)14-8-12-4-2-3-5-13(12)9-14;1-6-5-7-3-2-4-8(7)9-6;;;/h2-10H,1H3;2-5H,1H3;2*1H;/q-1;;;;+3/p-2. The van der Waals surface area contributed by atoms with Crippen LogP contribution in [-0.2, 0) is 26.2 Å². The molecule has 1 radical (unpaired) electrons. The number of benzene rings is 1. The number of fused-ring (bicyclic) bond motifs is 2. The molecule has 0 bridgehead atoms. The van der Waals surface area contributed by atoms with Crippen molar-refractivity contribution in [3.05, 3.63) is 95.5 Å². The Hall–Kier alpha value is -1.17. The van der Waals surface area contributed by atoms with Crippen LogP contribution in [0.2, 0.25) is 0 Å². The third kappa shape index (κ3) is 5.68. The van der Waals surface area contributed by atoms with Crippen molar-refractivity contribution < 1.29 is 51.0 Å². The fourth-order valence-electron chi connectivity index (χ4n) is 3.03. The Kier molecular flexibility index (Phi) is 9.89. The van der Waals surface area contributed by atoms with Gasteiger partial charge >= 0.3 is 26.2 Å². The molecule has 2 aromatic carbocycles. The van der Waals surface area contributed by atoms with Gasteiger partial charge in [-0.3, -0.25) is 4.98 Å². The maximum atomic E-state index is 4.44. The first-order valence-electron chi connectivity index (χ1n) is 8.43. The summed E-state index contributed by atoms with van der Waals surface area (Å²) in [7, 11) is 1.40. The summed E-state index contributed by atoms with van der Waals surface area (Å²) < 4.78 is 0. The molecule has 3 aromatic rings. The van der Waals surface area contributed by atoms with E-state index in [-0.39, 0.29) is 51.0 Å². The molecule has 0 N–H and O–H groups in total. The van der Waals surface area contributed by atoms with Crippen LogP contribution in [0.15, 0.2) is 89.9 Å². The van der Waals surface area contributed by atoms with Crippen molar-refractivity contribution in [2.75, 3.05) is 0 Å². The smallest absolute Gasteiger partial charge is 1.00 e. The van der Waals surface area contributed by atoms with Crippen LogP contribution in [0.25, 0.3) is 22.0 Å². The van der Waals surface area contributed by atoms with Crippen molar-refractivity contribution in [3.63, 3.8) is 0 Å². The van der Waals surface area contributed by atoms with Gasteiger partial charge in [0.2, 0.25) is 0 Å². The predicted molar refractivity (Wildman–Crippen MR) is 110 cm³/mol. The Morgan fingerprint density at radius 3 is 2.46 bits per heavy atom. The van der Waals surface area contributed by atoms with Gasteiger partial charge in [-0.2, -0.15) is 0 Å². The molecule has 2 heterocycles. The summed E-state index contributed by atoms with van der Waals surface area (Å²) in [4.78, 5) is 4.44. The number of pyridine rings is 1. The Bertz CT molecular complexity index is 1030. The van der Waals surface area contributed by atoms with Gasteiger partial charge in [0.1, 0.15) is 0 Å². The molecule has 0 atom stereocenters. The van der Waals surface area contributed by atoms with Gasteiger partial charge in [-0.1, -0.05) is 50.7 Å². The molecule has 0 unspecified atom stereocenters. The maximum absolute atomic E-state index is 4.44. The molecule has 1 aliphatic carbocycles. The SMILES string of the molecule is CC1=PC2=CC=CC2=C1.Cc1ccc(-c2cc3ccccc3[cH-]2)nc1.[Cl-].[Cl-].[Zr+3]. The molecule has 5 heteroatoms. The Balaban J connectivity index is 0.000000284. The Morgan fingerprint density at radius 1 is 1.00 bits per heavy atom. The normalized spacial score (nSPS) is 13.6. The predicted octanol–water partition coefficient (Wildman–Crippen LogP) is 0.453. The van der Waals surface area contributed by atoms with E-state index in [4.69, 9.17) is 0 Å². The number of rotatable bonds is 1. The fourth-order valence-corrected chi connectivity index (χ4v) is 4.05. The Labute approximate surface area is 199 Å². The first-order valence-corrected chi connectivity index (χ1v) is 9.33. The summed E-state index contributed by atoms with van der Waals surface area (Å²) in [5.74, 6) is 0. The van der Waals surface area contributed by atoms with Crippen molar-refractivity contribution in [2.24, 2.45) is 0 Å². The van der Waals surface area contributed by atoms with Crippen molar-refractivity contribution in [3.8, 4) is 11.3 Å². The summed E-state index contributed by atoms with van der Waals surface area (Å²) in [6, 6.07) is 16.9. The second kappa shape index (κ2) is 11.1. The second-order valence-corrected chi connectivity index (χ2v) is 7.77. The number of allylic oxidation sites excluding steroid dienone is 6. The van der Waals surface area contributed by atoms with Gasteiger partial charge in [-0.15, -0.1) is 34.5 Å². The van der Waals surface area contributed by atoms with Crippen molar-refractivity contribution in [2.45, 2.75) is 13.8 Å². The summed E-state index contributed by atoms with van der Waals surface area (Å²) in [5, 5.41) is 5.48. The van der Waals surface area contributed by atoms with Gasteiger partial charge in [0.25, 0.3) is 0 Å². The third-order valence-electron chi connectivity index (χ3n) is 4.31. The quantitative estimate of drug-likeness (QED) is 0.348. The summed E-state index contributed by atoms with van der Waals surface area (Å²) >= 11 is 0. The second-order valence-electron chi connectivity index (χ2n) is 6.36. The van der Waals surface area contributed by atoms with Crippen LogP contribution >= 0.6 is 8.20 Å². The van der Waals surface area contributed by atoms with E-state index in [9.17, 15) is 0 Å². The first kappa shape index (κ1) is 24.9. The third-order valence-corrected chi connectivity index (χ3v) is 5.44. The number of aryl methyl sites for hydroxylation is 1. The van der Waals surface area contributed by atoms with Crippen LogP contribution in [0.5, 0.6) is 0 Å². The molecule has 1 aromatic heterocycles. The summed E-state index contributed by atoms with van der Waals surface area (Å²) in [6.45, 7) is 4.22. The van der Waals surface area contributed by atoms with Crippen LogP contribution in [0, 0.1) is 6.92 Å². The van der Waals surface area contributed by atoms with E-state index >= 15 is 0 Å². The number of aromatic nitrogens is 1. The Morgan fingerprint density at radius 2 is 1.79 bits per heavy atom. The zero-order valence-corrected chi connectivity index (χ0v) is 20.5. The van der Waals surface area contributed by atoms with E-state index in [1.54, 1.807) is 0 Å². The molecular weight excluding hydrogens is 483 g/mol. The molecule has 0 spiro atoms. The van der Waals surface area contributed by atoms with Crippen molar-refractivity contribution in [1.82, 2.24) is 4.98 Å². The zero-order valence-electron chi connectivity index (χ0n) is 15.7. The van der Waals surface area contributed by atoms with E-state index in [2.05, 4.69) is 91.7 Å². The van der Waals surface area contributed by atoms with Crippen LogP contribution in [-0.4, -0.2) is 10.3 Å². The van der Waals surface area contributed by atoms with Crippen LogP contribution in [0.3, 0.4) is 0 Å². The van der Waals surface area contributed by atoms with Gasteiger partial charge in [-0.25, -0.2) is 0 Å². The number of hydrogen-bond donors (Lipinski definition) is 0. The molecule has 0 fully saturated rings. The van der Waals surface area contributed by atoms with Gasteiger partial charge < -0.3 is 24.8 Å². The minimum atomic E-state index is 0. The molecule has 0 saturated carbocycles. The summed E-state index contributed by atoms with van der Waals surface area (Å²) in [6.07, 6.45) is 10.6. The van der Waals surface area contributed by atoms with Gasteiger partial charge in [-0.05, 0) is 42.4 Å². The largest absolute Gasteiger partial charge is 3.00 e. The van der Waals surface area contributed by atoms with E-state index < -0.39 is 0 Å². The molecule has 1 nitrogen and oxygen atoms in total. The first-order chi connectivity index (χ1) is 12.2.